The molecular formula is C10H13ClF3N3O2. The van der Waals surface area contributed by atoms with E-state index in [1.165, 1.54) is 24.9 Å². The van der Waals surface area contributed by atoms with Gasteiger partial charge in [-0.05, 0) is 0 Å². The van der Waals surface area contributed by atoms with Crippen molar-refractivity contribution in [2.45, 2.75) is 6.18 Å². The average molecular weight is 300 g/mol. The molecule has 9 heteroatoms. The first-order chi connectivity index (χ1) is 8.78. The maximum atomic E-state index is 12.4. The van der Waals surface area contributed by atoms with E-state index < -0.39 is 18.6 Å². The van der Waals surface area contributed by atoms with Crippen molar-refractivity contribution in [2.75, 3.05) is 26.1 Å². The van der Waals surface area contributed by atoms with Crippen LogP contribution in [0.2, 0.25) is 0 Å². The lowest BCUT2D eigenvalue weighted by Crippen LogP contribution is -2.40. The average Bonchev–Trinajstić information content (AvgIpc) is 2.67. The summed E-state index contributed by atoms with van der Waals surface area (Å²) in [6.07, 6.45) is -4.49. The van der Waals surface area contributed by atoms with Gasteiger partial charge in [0, 0.05) is 25.5 Å². The lowest BCUT2D eigenvalue weighted by Gasteiger charge is -2.21. The molecule has 1 rings (SSSR count). The molecule has 19 heavy (non-hydrogen) atoms. The first kappa shape index (κ1) is 15.6. The number of alkyl halides is 4. The minimum Gasteiger partial charge on any atom is -0.481 e. The van der Waals surface area contributed by atoms with Crippen LogP contribution < -0.4 is 4.74 Å². The Bertz CT molecular complexity index is 448. The number of hydrogen-bond acceptors (Lipinski definition) is 3. The van der Waals surface area contributed by atoms with Crippen LogP contribution >= 0.6 is 11.6 Å². The van der Waals surface area contributed by atoms with Gasteiger partial charge in [-0.2, -0.15) is 18.3 Å². The number of halogens is 4. The fraction of sp³-hybridized carbons (Fsp3) is 0.600. The number of aromatic nitrogens is 2. The van der Waals surface area contributed by atoms with Crippen molar-refractivity contribution >= 4 is 17.5 Å². The first-order valence-electron chi connectivity index (χ1n) is 5.28. The van der Waals surface area contributed by atoms with Gasteiger partial charge < -0.3 is 9.64 Å². The largest absolute Gasteiger partial charge is 0.481 e. The molecule has 0 aliphatic carbocycles. The Morgan fingerprint density at radius 3 is 2.63 bits per heavy atom. The predicted octanol–water partition coefficient (Wildman–Crippen LogP) is 1.67. The molecule has 0 radical (unpaired) electrons. The smallest absolute Gasteiger partial charge is 0.406 e. The number of ether oxygens (including phenoxy) is 1. The molecule has 0 saturated carbocycles. The molecule has 0 atom stereocenters. The van der Waals surface area contributed by atoms with Crippen LogP contribution in [0.3, 0.4) is 0 Å². The molecule has 108 valence electrons. The highest BCUT2D eigenvalue weighted by molar-refractivity contribution is 6.18. The Morgan fingerprint density at radius 2 is 2.21 bits per heavy atom. The second-order valence-electron chi connectivity index (χ2n) is 3.73. The van der Waals surface area contributed by atoms with Gasteiger partial charge in [0.2, 0.25) is 5.88 Å². The Kier molecular flexibility index (Phi) is 5.04. The van der Waals surface area contributed by atoms with Crippen LogP contribution in [-0.2, 0) is 7.05 Å². The molecule has 0 spiro atoms. The minimum atomic E-state index is -4.49. The molecule has 0 unspecified atom stereocenters. The van der Waals surface area contributed by atoms with E-state index >= 15 is 0 Å². The van der Waals surface area contributed by atoms with Gasteiger partial charge in [0.1, 0.15) is 6.54 Å². The number of carbonyl (C=O) groups excluding carboxylic acids is 1. The topological polar surface area (TPSA) is 47.4 Å². The lowest BCUT2D eigenvalue weighted by atomic mass is 10.3. The summed E-state index contributed by atoms with van der Waals surface area (Å²) < 4.78 is 43.3. The molecule has 0 bridgehead atoms. The summed E-state index contributed by atoms with van der Waals surface area (Å²) in [7, 11) is 2.89. The SMILES string of the molecule is COc1cc(C(=O)N(CCCl)CC(F)(F)F)nn1C. The fourth-order valence-corrected chi connectivity index (χ4v) is 1.68. The maximum absolute atomic E-state index is 12.4. The normalized spacial score (nSPS) is 11.5. The first-order valence-corrected chi connectivity index (χ1v) is 5.82. The maximum Gasteiger partial charge on any atom is 0.406 e. The number of amides is 1. The second-order valence-corrected chi connectivity index (χ2v) is 4.10. The number of aryl methyl sites for hydroxylation is 1. The van der Waals surface area contributed by atoms with Crippen LogP contribution in [0.25, 0.3) is 0 Å². The molecule has 0 aromatic carbocycles. The van der Waals surface area contributed by atoms with Gasteiger partial charge in [0.15, 0.2) is 5.69 Å². The van der Waals surface area contributed by atoms with Gasteiger partial charge in [-0.25, -0.2) is 4.68 Å². The number of carbonyl (C=O) groups is 1. The van der Waals surface area contributed by atoms with Gasteiger partial charge in [-0.3, -0.25) is 4.79 Å². The summed E-state index contributed by atoms with van der Waals surface area (Å²) in [5, 5.41) is 3.80. The highest BCUT2D eigenvalue weighted by Crippen LogP contribution is 2.19. The van der Waals surface area contributed by atoms with Crippen molar-refractivity contribution in [2.24, 2.45) is 7.05 Å². The van der Waals surface area contributed by atoms with E-state index in [4.69, 9.17) is 16.3 Å². The second kappa shape index (κ2) is 6.14. The number of rotatable bonds is 5. The number of nitrogens with zero attached hydrogens (tertiary/aromatic N) is 3. The fourth-order valence-electron chi connectivity index (χ4n) is 1.48. The molecular weight excluding hydrogens is 287 g/mol. The molecule has 0 fully saturated rings. The monoisotopic (exact) mass is 299 g/mol. The van der Waals surface area contributed by atoms with E-state index in [-0.39, 0.29) is 24.0 Å². The van der Waals surface area contributed by atoms with Crippen LogP contribution in [0.4, 0.5) is 13.2 Å². The van der Waals surface area contributed by atoms with Gasteiger partial charge in [0.05, 0.1) is 7.11 Å². The van der Waals surface area contributed by atoms with E-state index in [1.807, 2.05) is 0 Å². The molecule has 5 nitrogen and oxygen atoms in total. The molecule has 1 heterocycles. The Hall–Kier alpha value is -1.44. The van der Waals surface area contributed by atoms with Gasteiger partial charge >= 0.3 is 6.18 Å². The molecule has 1 amide bonds. The minimum absolute atomic E-state index is 0.0915. The highest BCUT2D eigenvalue weighted by atomic mass is 35.5. The third kappa shape index (κ3) is 4.30. The Morgan fingerprint density at radius 1 is 1.58 bits per heavy atom. The van der Waals surface area contributed by atoms with Gasteiger partial charge in [0.25, 0.3) is 5.91 Å². The lowest BCUT2D eigenvalue weighted by molar-refractivity contribution is -0.140. The predicted molar refractivity (Wildman–Crippen MR) is 62.4 cm³/mol. The summed E-state index contributed by atoms with van der Waals surface area (Å²) in [6.45, 7) is -1.57. The summed E-state index contributed by atoms with van der Waals surface area (Å²) in [6, 6.07) is 1.28. The van der Waals surface area contributed by atoms with Crippen LogP contribution in [0.5, 0.6) is 5.88 Å². The van der Waals surface area contributed by atoms with Crippen LogP contribution in [0, 0.1) is 0 Å². The quantitative estimate of drug-likeness (QED) is 0.777. The molecule has 0 aliphatic rings. The standard InChI is InChI=1S/C10H13ClF3N3O2/c1-16-8(19-2)5-7(15-16)9(18)17(4-3-11)6-10(12,13)14/h5H,3-4,6H2,1-2H3. The summed E-state index contributed by atoms with van der Waals surface area (Å²) in [5.41, 5.74) is -0.117. The van der Waals surface area contributed by atoms with Gasteiger partial charge in [-0.15, -0.1) is 11.6 Å². The van der Waals surface area contributed by atoms with Crippen molar-refractivity contribution in [3.63, 3.8) is 0 Å². The van der Waals surface area contributed by atoms with E-state index in [9.17, 15) is 18.0 Å². The van der Waals surface area contributed by atoms with Crippen LogP contribution in [-0.4, -0.2) is 52.8 Å². The van der Waals surface area contributed by atoms with Crippen molar-refractivity contribution in [1.82, 2.24) is 14.7 Å². The third-order valence-electron chi connectivity index (χ3n) is 2.28. The summed E-state index contributed by atoms with van der Waals surface area (Å²) in [5.74, 6) is -0.649. The zero-order chi connectivity index (χ0) is 14.6. The molecule has 1 aromatic heterocycles. The van der Waals surface area contributed by atoms with Crippen molar-refractivity contribution in [1.29, 1.82) is 0 Å². The van der Waals surface area contributed by atoms with E-state index in [1.54, 1.807) is 0 Å². The zero-order valence-electron chi connectivity index (χ0n) is 10.4. The summed E-state index contributed by atoms with van der Waals surface area (Å²) >= 11 is 5.41. The summed E-state index contributed by atoms with van der Waals surface area (Å²) in [4.78, 5) is 12.5. The number of hydrogen-bond donors (Lipinski definition) is 0. The van der Waals surface area contributed by atoms with Crippen molar-refractivity contribution in [3.8, 4) is 5.88 Å². The Balaban J connectivity index is 2.92. The van der Waals surface area contributed by atoms with Crippen LogP contribution in [0.15, 0.2) is 6.07 Å². The molecule has 0 saturated heterocycles. The highest BCUT2D eigenvalue weighted by Gasteiger charge is 2.34. The molecule has 0 N–H and O–H groups in total. The van der Waals surface area contributed by atoms with E-state index in [0.717, 1.165) is 0 Å². The van der Waals surface area contributed by atoms with E-state index in [2.05, 4.69) is 5.10 Å². The number of methoxy groups -OCH3 is 1. The zero-order valence-corrected chi connectivity index (χ0v) is 11.1. The van der Waals surface area contributed by atoms with Crippen molar-refractivity contribution in [3.05, 3.63) is 11.8 Å². The third-order valence-corrected chi connectivity index (χ3v) is 2.45. The van der Waals surface area contributed by atoms with Gasteiger partial charge in [-0.1, -0.05) is 0 Å². The van der Waals surface area contributed by atoms with E-state index in [0.29, 0.717) is 4.90 Å². The Labute approximate surface area is 112 Å². The van der Waals surface area contributed by atoms with Crippen LogP contribution in [0.1, 0.15) is 10.5 Å². The van der Waals surface area contributed by atoms with Crippen molar-refractivity contribution < 1.29 is 22.7 Å². The molecule has 1 aromatic rings. The molecule has 0 aliphatic heterocycles.